The summed E-state index contributed by atoms with van der Waals surface area (Å²) in [6.45, 7) is 6.33. The standard InChI is InChI=1S/C14H18ClNO4S/c1-4-7-16(8-9-20-3)14(17)12-10-11(2)5-6-13(12)21(15,18)19/h4-6,10H,1,7-9H2,2-3H3. The first kappa shape index (κ1) is 17.7. The van der Waals surface area contributed by atoms with E-state index in [1.807, 2.05) is 0 Å². The molecule has 0 bridgehead atoms. The highest BCUT2D eigenvalue weighted by molar-refractivity contribution is 8.13. The van der Waals surface area contributed by atoms with Crippen molar-refractivity contribution in [1.29, 1.82) is 0 Å². The number of amides is 1. The summed E-state index contributed by atoms with van der Waals surface area (Å²) in [4.78, 5) is 13.8. The number of halogens is 1. The molecule has 7 heteroatoms. The van der Waals surface area contributed by atoms with E-state index in [9.17, 15) is 13.2 Å². The molecule has 0 unspecified atom stereocenters. The summed E-state index contributed by atoms with van der Waals surface area (Å²) in [5, 5.41) is 0. The van der Waals surface area contributed by atoms with Crippen LogP contribution in [0.25, 0.3) is 0 Å². The van der Waals surface area contributed by atoms with Crippen molar-refractivity contribution in [3.8, 4) is 0 Å². The summed E-state index contributed by atoms with van der Waals surface area (Å²) in [5.41, 5.74) is 0.829. The summed E-state index contributed by atoms with van der Waals surface area (Å²) >= 11 is 0. The van der Waals surface area contributed by atoms with Gasteiger partial charge in [-0.2, -0.15) is 0 Å². The van der Waals surface area contributed by atoms with E-state index in [-0.39, 0.29) is 17.0 Å². The minimum atomic E-state index is -4.00. The smallest absolute Gasteiger partial charge is 0.262 e. The van der Waals surface area contributed by atoms with Crippen LogP contribution in [0.4, 0.5) is 0 Å². The van der Waals surface area contributed by atoms with Gasteiger partial charge in [-0.3, -0.25) is 4.79 Å². The number of ether oxygens (including phenoxy) is 1. The molecule has 0 aliphatic carbocycles. The van der Waals surface area contributed by atoms with Crippen molar-refractivity contribution in [2.45, 2.75) is 11.8 Å². The van der Waals surface area contributed by atoms with Gasteiger partial charge in [0.25, 0.3) is 15.0 Å². The van der Waals surface area contributed by atoms with Gasteiger partial charge in [0.1, 0.15) is 0 Å². The number of carbonyl (C=O) groups is 1. The Morgan fingerprint density at radius 3 is 2.67 bits per heavy atom. The van der Waals surface area contributed by atoms with Gasteiger partial charge in [0.15, 0.2) is 0 Å². The van der Waals surface area contributed by atoms with E-state index < -0.39 is 15.0 Å². The molecule has 0 saturated heterocycles. The Kier molecular flexibility index (Phi) is 6.39. The van der Waals surface area contributed by atoms with Gasteiger partial charge in [0.2, 0.25) is 0 Å². The fourth-order valence-electron chi connectivity index (χ4n) is 1.83. The van der Waals surface area contributed by atoms with Crippen molar-refractivity contribution in [3.63, 3.8) is 0 Å². The Balaban J connectivity index is 3.26. The summed E-state index contributed by atoms with van der Waals surface area (Å²) in [6.07, 6.45) is 1.57. The van der Waals surface area contributed by atoms with Crippen LogP contribution in [-0.4, -0.2) is 46.0 Å². The summed E-state index contributed by atoms with van der Waals surface area (Å²) in [6, 6.07) is 4.45. The maximum atomic E-state index is 12.6. The van der Waals surface area contributed by atoms with Crippen LogP contribution in [0.2, 0.25) is 0 Å². The number of carbonyl (C=O) groups excluding carboxylic acids is 1. The van der Waals surface area contributed by atoms with E-state index >= 15 is 0 Å². The molecule has 0 spiro atoms. The number of nitrogens with zero attached hydrogens (tertiary/aromatic N) is 1. The Bertz CT molecular complexity index is 628. The van der Waals surface area contributed by atoms with Gasteiger partial charge < -0.3 is 9.64 Å². The minimum absolute atomic E-state index is 0.0583. The average molecular weight is 332 g/mol. The van der Waals surface area contributed by atoms with Gasteiger partial charge in [-0.1, -0.05) is 17.7 Å². The number of benzene rings is 1. The number of methoxy groups -OCH3 is 1. The Morgan fingerprint density at radius 2 is 2.14 bits per heavy atom. The van der Waals surface area contributed by atoms with Gasteiger partial charge in [-0.05, 0) is 19.1 Å². The SMILES string of the molecule is C=CCN(CCOC)C(=O)c1cc(C)ccc1S(=O)(=O)Cl. The van der Waals surface area contributed by atoms with Crippen LogP contribution in [0.5, 0.6) is 0 Å². The molecule has 0 aromatic heterocycles. The zero-order chi connectivity index (χ0) is 16.0. The quantitative estimate of drug-likeness (QED) is 0.567. The summed E-state index contributed by atoms with van der Waals surface area (Å²) in [7, 11) is 2.93. The second-order valence-electron chi connectivity index (χ2n) is 4.47. The lowest BCUT2D eigenvalue weighted by atomic mass is 10.1. The molecule has 0 aliphatic rings. The first-order valence-electron chi connectivity index (χ1n) is 6.25. The third-order valence-corrected chi connectivity index (χ3v) is 4.21. The molecule has 0 aliphatic heterocycles. The first-order chi connectivity index (χ1) is 9.81. The Hall–Kier alpha value is -1.37. The predicted molar refractivity (Wildman–Crippen MR) is 82.2 cm³/mol. The summed E-state index contributed by atoms with van der Waals surface area (Å²) < 4.78 is 28.2. The zero-order valence-electron chi connectivity index (χ0n) is 12.0. The lowest BCUT2D eigenvalue weighted by Gasteiger charge is -2.22. The molecule has 0 N–H and O–H groups in total. The molecule has 21 heavy (non-hydrogen) atoms. The number of hydrogen-bond acceptors (Lipinski definition) is 4. The van der Waals surface area contributed by atoms with Gasteiger partial charge >= 0.3 is 0 Å². The van der Waals surface area contributed by atoms with Crippen LogP contribution in [0.15, 0.2) is 35.7 Å². The van der Waals surface area contributed by atoms with Crippen molar-refractivity contribution < 1.29 is 17.9 Å². The third-order valence-electron chi connectivity index (χ3n) is 2.83. The van der Waals surface area contributed by atoms with Crippen LogP contribution in [0, 0.1) is 6.92 Å². The largest absolute Gasteiger partial charge is 0.383 e. The molecule has 0 radical (unpaired) electrons. The van der Waals surface area contributed by atoms with Crippen LogP contribution >= 0.6 is 10.7 Å². The van der Waals surface area contributed by atoms with Gasteiger partial charge in [0, 0.05) is 30.9 Å². The molecule has 0 fully saturated rings. The van der Waals surface area contributed by atoms with E-state index in [0.717, 1.165) is 5.56 Å². The van der Waals surface area contributed by atoms with Gasteiger partial charge in [-0.15, -0.1) is 6.58 Å². The molecule has 1 amide bonds. The highest BCUT2D eigenvalue weighted by Crippen LogP contribution is 2.22. The molecule has 1 aromatic carbocycles. The molecule has 116 valence electrons. The molecule has 0 heterocycles. The van der Waals surface area contributed by atoms with Crippen LogP contribution in [-0.2, 0) is 13.8 Å². The Morgan fingerprint density at radius 1 is 1.48 bits per heavy atom. The highest BCUT2D eigenvalue weighted by atomic mass is 35.7. The van der Waals surface area contributed by atoms with Crippen molar-refractivity contribution >= 4 is 25.6 Å². The fraction of sp³-hybridized carbons (Fsp3) is 0.357. The number of rotatable bonds is 7. The molecular weight excluding hydrogens is 314 g/mol. The maximum absolute atomic E-state index is 12.6. The highest BCUT2D eigenvalue weighted by Gasteiger charge is 2.24. The van der Waals surface area contributed by atoms with E-state index in [4.69, 9.17) is 15.4 Å². The first-order valence-corrected chi connectivity index (χ1v) is 8.56. The second-order valence-corrected chi connectivity index (χ2v) is 7.00. The Labute approximate surface area is 129 Å². The topological polar surface area (TPSA) is 63.7 Å². The number of aryl methyl sites for hydroxylation is 1. The van der Waals surface area contributed by atoms with Crippen LogP contribution in [0.1, 0.15) is 15.9 Å². The fourth-order valence-corrected chi connectivity index (χ4v) is 2.87. The second kappa shape index (κ2) is 7.59. The van der Waals surface area contributed by atoms with Gasteiger partial charge in [0.05, 0.1) is 17.1 Å². The van der Waals surface area contributed by atoms with E-state index in [0.29, 0.717) is 13.2 Å². The lowest BCUT2D eigenvalue weighted by Crippen LogP contribution is -2.34. The maximum Gasteiger partial charge on any atom is 0.262 e. The number of hydrogen-bond donors (Lipinski definition) is 0. The third kappa shape index (κ3) is 4.84. The summed E-state index contributed by atoms with van der Waals surface area (Å²) in [5.74, 6) is -0.421. The van der Waals surface area contributed by atoms with E-state index in [2.05, 4.69) is 6.58 Å². The molecule has 5 nitrogen and oxygen atoms in total. The average Bonchev–Trinajstić information content (AvgIpc) is 2.41. The van der Waals surface area contributed by atoms with Crippen molar-refractivity contribution in [2.24, 2.45) is 0 Å². The molecule has 1 rings (SSSR count). The van der Waals surface area contributed by atoms with E-state index in [1.54, 1.807) is 19.1 Å². The van der Waals surface area contributed by atoms with Gasteiger partial charge in [-0.25, -0.2) is 8.42 Å². The minimum Gasteiger partial charge on any atom is -0.383 e. The van der Waals surface area contributed by atoms with Crippen molar-refractivity contribution in [1.82, 2.24) is 4.90 Å². The van der Waals surface area contributed by atoms with Crippen molar-refractivity contribution in [2.75, 3.05) is 26.8 Å². The molecule has 1 aromatic rings. The monoisotopic (exact) mass is 331 g/mol. The molecule has 0 atom stereocenters. The zero-order valence-corrected chi connectivity index (χ0v) is 13.6. The van der Waals surface area contributed by atoms with Crippen molar-refractivity contribution in [3.05, 3.63) is 42.0 Å². The van der Waals surface area contributed by atoms with Crippen LogP contribution in [0.3, 0.4) is 0 Å². The lowest BCUT2D eigenvalue weighted by molar-refractivity contribution is 0.0714. The van der Waals surface area contributed by atoms with E-state index in [1.165, 1.54) is 24.1 Å². The van der Waals surface area contributed by atoms with Crippen LogP contribution < -0.4 is 0 Å². The molecular formula is C14H18ClNO4S. The molecule has 0 saturated carbocycles. The normalized spacial score (nSPS) is 11.2. The predicted octanol–water partition coefficient (Wildman–Crippen LogP) is 2.20.